The normalized spacial score (nSPS) is 19.8. The Balaban J connectivity index is 1.38. The van der Waals surface area contributed by atoms with Crippen LogP contribution in [0.5, 0.6) is 5.75 Å². The van der Waals surface area contributed by atoms with Crippen molar-refractivity contribution in [2.75, 3.05) is 26.3 Å². The van der Waals surface area contributed by atoms with Gasteiger partial charge in [-0.05, 0) is 35.6 Å². The van der Waals surface area contributed by atoms with Gasteiger partial charge in [0.05, 0.1) is 25.9 Å². The van der Waals surface area contributed by atoms with Gasteiger partial charge in [-0.1, -0.05) is 18.2 Å². The van der Waals surface area contributed by atoms with Gasteiger partial charge in [0.15, 0.2) is 0 Å². The molecule has 3 rings (SSSR count). The minimum Gasteiger partial charge on any atom is -0.530 e. The van der Waals surface area contributed by atoms with Crippen molar-refractivity contribution in [2.24, 2.45) is 0 Å². The SMILES string of the molecule is O=C([O-])N1CCC(c2ccc(OCCCOCc3cccs3)cc2)C(O)C1. The van der Waals surface area contributed by atoms with Crippen LogP contribution in [0.1, 0.15) is 29.2 Å². The number of aliphatic hydroxyl groups is 1. The Kier molecular flexibility index (Phi) is 7.09. The molecule has 7 heteroatoms. The van der Waals surface area contributed by atoms with E-state index in [0.29, 0.717) is 32.8 Å². The molecule has 1 aliphatic heterocycles. The van der Waals surface area contributed by atoms with Crippen LogP contribution in [0.4, 0.5) is 4.79 Å². The fourth-order valence-corrected chi connectivity index (χ4v) is 3.86. The van der Waals surface area contributed by atoms with Crippen LogP contribution < -0.4 is 9.84 Å². The van der Waals surface area contributed by atoms with E-state index in [1.165, 1.54) is 4.88 Å². The van der Waals surface area contributed by atoms with E-state index >= 15 is 0 Å². The summed E-state index contributed by atoms with van der Waals surface area (Å²) in [7, 11) is 0. The van der Waals surface area contributed by atoms with Gasteiger partial charge in [0.25, 0.3) is 0 Å². The summed E-state index contributed by atoms with van der Waals surface area (Å²) in [5, 5.41) is 23.2. The van der Waals surface area contributed by atoms with Crippen molar-refractivity contribution in [3.63, 3.8) is 0 Å². The number of carbonyl (C=O) groups excluding carboxylic acids is 1. The summed E-state index contributed by atoms with van der Waals surface area (Å²) < 4.78 is 11.3. The number of amides is 1. The van der Waals surface area contributed by atoms with Crippen LogP contribution in [-0.4, -0.2) is 48.5 Å². The highest BCUT2D eigenvalue weighted by molar-refractivity contribution is 7.09. The number of carboxylic acid groups (broad SMARTS) is 1. The summed E-state index contributed by atoms with van der Waals surface area (Å²) in [5.41, 5.74) is 0.993. The molecular formula is C20H24NO5S-. The molecule has 0 saturated carbocycles. The molecule has 0 spiro atoms. The quantitative estimate of drug-likeness (QED) is 0.699. The number of aliphatic hydroxyl groups excluding tert-OH is 1. The fraction of sp³-hybridized carbons (Fsp3) is 0.450. The molecule has 0 bridgehead atoms. The monoisotopic (exact) mass is 390 g/mol. The number of likely N-dealkylation sites (tertiary alicyclic amines) is 1. The average molecular weight is 390 g/mol. The van der Waals surface area contributed by atoms with Crippen LogP contribution in [0.3, 0.4) is 0 Å². The van der Waals surface area contributed by atoms with Gasteiger partial charge in [-0.2, -0.15) is 0 Å². The van der Waals surface area contributed by atoms with Crippen molar-refractivity contribution < 1.29 is 24.5 Å². The van der Waals surface area contributed by atoms with Gasteiger partial charge < -0.3 is 29.4 Å². The van der Waals surface area contributed by atoms with E-state index in [2.05, 4.69) is 6.07 Å². The molecule has 2 aromatic rings. The van der Waals surface area contributed by atoms with Gasteiger partial charge >= 0.3 is 0 Å². The standard InChI is InChI=1S/C20H25NO5S/c22-19-13-21(20(23)24)9-8-18(19)15-4-6-16(7-5-15)26-11-2-10-25-14-17-3-1-12-27-17/h1,3-7,12,18-19,22H,2,8-11,13-14H2,(H,23,24)/p-1. The molecule has 2 atom stereocenters. The molecule has 6 nitrogen and oxygen atoms in total. The molecule has 146 valence electrons. The molecule has 2 heterocycles. The molecule has 2 unspecified atom stereocenters. The lowest BCUT2D eigenvalue weighted by Crippen LogP contribution is -2.50. The second-order valence-electron chi connectivity index (χ2n) is 6.58. The average Bonchev–Trinajstić information content (AvgIpc) is 3.18. The third kappa shape index (κ3) is 5.69. The smallest absolute Gasteiger partial charge is 0.137 e. The van der Waals surface area contributed by atoms with Crippen molar-refractivity contribution in [3.05, 3.63) is 52.2 Å². The zero-order chi connectivity index (χ0) is 19.1. The minimum absolute atomic E-state index is 0.0692. The Morgan fingerprint density at radius 1 is 1.26 bits per heavy atom. The summed E-state index contributed by atoms with van der Waals surface area (Å²) in [6, 6.07) is 11.7. The molecular weight excluding hydrogens is 366 g/mol. The highest BCUT2D eigenvalue weighted by Gasteiger charge is 2.28. The zero-order valence-electron chi connectivity index (χ0n) is 15.1. The van der Waals surface area contributed by atoms with Crippen LogP contribution in [0.2, 0.25) is 0 Å². The second-order valence-corrected chi connectivity index (χ2v) is 7.61. The number of rotatable bonds is 8. The first kappa shape index (κ1) is 19.7. The number of thiophene rings is 1. The summed E-state index contributed by atoms with van der Waals surface area (Å²) in [5.74, 6) is 0.707. The maximum Gasteiger partial charge on any atom is 0.137 e. The number of carbonyl (C=O) groups is 1. The van der Waals surface area contributed by atoms with Crippen molar-refractivity contribution >= 4 is 17.4 Å². The Labute approximate surface area is 163 Å². The highest BCUT2D eigenvalue weighted by atomic mass is 32.1. The summed E-state index contributed by atoms with van der Waals surface area (Å²) in [6.45, 7) is 2.35. The van der Waals surface area contributed by atoms with Gasteiger partial charge in [0.1, 0.15) is 11.8 Å². The van der Waals surface area contributed by atoms with Gasteiger partial charge in [-0.3, -0.25) is 0 Å². The maximum absolute atomic E-state index is 10.9. The van der Waals surface area contributed by atoms with Crippen molar-refractivity contribution in [1.82, 2.24) is 4.90 Å². The Morgan fingerprint density at radius 2 is 2.07 bits per heavy atom. The number of hydrogen-bond acceptors (Lipinski definition) is 6. The lowest BCUT2D eigenvalue weighted by molar-refractivity contribution is -0.268. The Morgan fingerprint density at radius 3 is 2.74 bits per heavy atom. The lowest BCUT2D eigenvalue weighted by Gasteiger charge is -2.37. The number of hydrogen-bond donors (Lipinski definition) is 1. The van der Waals surface area contributed by atoms with Crippen molar-refractivity contribution in [2.45, 2.75) is 31.5 Å². The van der Waals surface area contributed by atoms with E-state index in [9.17, 15) is 15.0 Å². The van der Waals surface area contributed by atoms with Gasteiger partial charge in [0.2, 0.25) is 0 Å². The third-order valence-electron chi connectivity index (χ3n) is 4.67. The van der Waals surface area contributed by atoms with E-state index in [0.717, 1.165) is 22.6 Å². The molecule has 1 fully saturated rings. The first-order chi connectivity index (χ1) is 13.1. The van der Waals surface area contributed by atoms with Crippen LogP contribution in [0.15, 0.2) is 41.8 Å². The van der Waals surface area contributed by atoms with Gasteiger partial charge in [-0.25, -0.2) is 0 Å². The second kappa shape index (κ2) is 9.73. The largest absolute Gasteiger partial charge is 0.530 e. The van der Waals surface area contributed by atoms with Crippen molar-refractivity contribution in [1.29, 1.82) is 0 Å². The van der Waals surface area contributed by atoms with Gasteiger partial charge in [0, 0.05) is 30.3 Å². The molecule has 1 aromatic heterocycles. The van der Waals surface area contributed by atoms with E-state index in [-0.39, 0.29) is 12.5 Å². The maximum atomic E-state index is 10.9. The number of piperidine rings is 1. The molecule has 1 saturated heterocycles. The molecule has 1 N–H and O–H groups in total. The first-order valence-corrected chi connectivity index (χ1v) is 9.98. The van der Waals surface area contributed by atoms with E-state index in [1.54, 1.807) is 11.3 Å². The van der Waals surface area contributed by atoms with Crippen LogP contribution in [0, 0.1) is 0 Å². The molecule has 27 heavy (non-hydrogen) atoms. The molecule has 0 radical (unpaired) electrons. The highest BCUT2D eigenvalue weighted by Crippen LogP contribution is 2.29. The van der Waals surface area contributed by atoms with E-state index in [1.807, 2.05) is 35.7 Å². The summed E-state index contributed by atoms with van der Waals surface area (Å²) >= 11 is 1.69. The van der Waals surface area contributed by atoms with Crippen LogP contribution >= 0.6 is 11.3 Å². The topological polar surface area (TPSA) is 82.1 Å². The fourth-order valence-electron chi connectivity index (χ4n) is 3.22. The van der Waals surface area contributed by atoms with E-state index < -0.39 is 12.2 Å². The molecule has 1 amide bonds. The molecule has 1 aliphatic rings. The third-order valence-corrected chi connectivity index (χ3v) is 5.52. The van der Waals surface area contributed by atoms with Crippen LogP contribution in [0.25, 0.3) is 0 Å². The Hall–Kier alpha value is -2.09. The predicted molar refractivity (Wildman–Crippen MR) is 101 cm³/mol. The minimum atomic E-state index is -1.23. The number of nitrogens with zero attached hydrogens (tertiary/aromatic N) is 1. The van der Waals surface area contributed by atoms with Crippen molar-refractivity contribution in [3.8, 4) is 5.75 Å². The van der Waals surface area contributed by atoms with Gasteiger partial charge in [-0.15, -0.1) is 11.3 Å². The number of β-amino-alcohol motifs (C(OH)–C–C–N with tert-alkyl or cyclic N) is 1. The number of benzene rings is 1. The molecule has 1 aromatic carbocycles. The first-order valence-electron chi connectivity index (χ1n) is 9.10. The number of ether oxygens (including phenoxy) is 2. The summed E-state index contributed by atoms with van der Waals surface area (Å²) in [6.07, 6.45) is -0.552. The Bertz CT molecular complexity index is 704. The van der Waals surface area contributed by atoms with Crippen LogP contribution in [-0.2, 0) is 11.3 Å². The lowest BCUT2D eigenvalue weighted by atomic mass is 9.87. The zero-order valence-corrected chi connectivity index (χ0v) is 15.9. The predicted octanol–water partition coefficient (Wildman–Crippen LogP) is 2.23. The van der Waals surface area contributed by atoms with E-state index in [4.69, 9.17) is 9.47 Å². The summed E-state index contributed by atoms with van der Waals surface area (Å²) in [4.78, 5) is 13.3. The molecule has 0 aliphatic carbocycles.